The van der Waals surface area contributed by atoms with Crippen molar-refractivity contribution in [3.63, 3.8) is 0 Å². The third-order valence-electron chi connectivity index (χ3n) is 3.34. The molecule has 1 aliphatic rings. The van der Waals surface area contributed by atoms with E-state index in [0.29, 0.717) is 12.1 Å². The Kier molecular flexibility index (Phi) is 6.41. The first-order valence-electron chi connectivity index (χ1n) is 6.71. The van der Waals surface area contributed by atoms with E-state index in [-0.39, 0.29) is 6.10 Å². The SMILES string of the molecule is CC(O)CCN(C)CC1CN(C(C)C)CCO1. The number of ether oxygens (including phenoxy) is 1. The van der Waals surface area contributed by atoms with Crippen molar-refractivity contribution >= 4 is 0 Å². The monoisotopic (exact) mass is 244 g/mol. The van der Waals surface area contributed by atoms with E-state index >= 15 is 0 Å². The van der Waals surface area contributed by atoms with E-state index in [1.807, 2.05) is 6.92 Å². The molecule has 17 heavy (non-hydrogen) atoms. The van der Waals surface area contributed by atoms with Gasteiger partial charge >= 0.3 is 0 Å². The maximum absolute atomic E-state index is 9.26. The summed E-state index contributed by atoms with van der Waals surface area (Å²) in [5, 5.41) is 9.26. The summed E-state index contributed by atoms with van der Waals surface area (Å²) in [6.07, 6.45) is 0.930. The highest BCUT2D eigenvalue weighted by molar-refractivity contribution is 4.76. The van der Waals surface area contributed by atoms with Gasteiger partial charge in [0.2, 0.25) is 0 Å². The first-order valence-corrected chi connectivity index (χ1v) is 6.71. The number of aliphatic hydroxyl groups is 1. The zero-order valence-electron chi connectivity index (χ0n) is 11.7. The van der Waals surface area contributed by atoms with E-state index in [4.69, 9.17) is 4.74 Å². The minimum atomic E-state index is -0.211. The molecule has 0 bridgehead atoms. The Labute approximate surface area is 106 Å². The summed E-state index contributed by atoms with van der Waals surface area (Å²) in [4.78, 5) is 4.72. The fourth-order valence-electron chi connectivity index (χ4n) is 2.17. The van der Waals surface area contributed by atoms with Crippen LogP contribution >= 0.6 is 0 Å². The minimum absolute atomic E-state index is 0.211. The van der Waals surface area contributed by atoms with Crippen LogP contribution in [0.1, 0.15) is 27.2 Å². The van der Waals surface area contributed by atoms with Crippen LogP contribution in [0.15, 0.2) is 0 Å². The van der Waals surface area contributed by atoms with Crippen LogP contribution in [0.4, 0.5) is 0 Å². The molecular weight excluding hydrogens is 216 g/mol. The van der Waals surface area contributed by atoms with Crippen LogP contribution in [0.3, 0.4) is 0 Å². The van der Waals surface area contributed by atoms with E-state index < -0.39 is 0 Å². The Morgan fingerprint density at radius 1 is 1.41 bits per heavy atom. The van der Waals surface area contributed by atoms with Gasteiger partial charge < -0.3 is 14.7 Å². The molecule has 1 heterocycles. The second kappa shape index (κ2) is 7.31. The van der Waals surface area contributed by atoms with E-state index in [1.54, 1.807) is 0 Å². The lowest BCUT2D eigenvalue weighted by Crippen LogP contribution is -2.49. The summed E-state index contributed by atoms with van der Waals surface area (Å²) in [5.41, 5.74) is 0. The van der Waals surface area contributed by atoms with Gasteiger partial charge in [0.1, 0.15) is 0 Å². The zero-order valence-corrected chi connectivity index (χ0v) is 11.7. The van der Waals surface area contributed by atoms with Crippen LogP contribution in [0.5, 0.6) is 0 Å². The summed E-state index contributed by atoms with van der Waals surface area (Å²) in [7, 11) is 2.10. The largest absolute Gasteiger partial charge is 0.393 e. The molecule has 0 amide bonds. The average molecular weight is 244 g/mol. The highest BCUT2D eigenvalue weighted by Gasteiger charge is 2.23. The Hall–Kier alpha value is -0.160. The van der Waals surface area contributed by atoms with Crippen LogP contribution < -0.4 is 0 Å². The Balaban J connectivity index is 2.25. The molecule has 0 aliphatic carbocycles. The number of nitrogens with zero attached hydrogens (tertiary/aromatic N) is 2. The van der Waals surface area contributed by atoms with E-state index in [9.17, 15) is 5.11 Å². The normalized spacial score (nSPS) is 24.5. The van der Waals surface area contributed by atoms with Crippen molar-refractivity contribution in [3.05, 3.63) is 0 Å². The highest BCUT2D eigenvalue weighted by Crippen LogP contribution is 2.09. The molecule has 0 aromatic heterocycles. The van der Waals surface area contributed by atoms with Gasteiger partial charge in [-0.15, -0.1) is 0 Å². The molecule has 1 rings (SSSR count). The Bertz CT molecular complexity index is 210. The summed E-state index contributed by atoms with van der Waals surface area (Å²) in [6, 6.07) is 0.601. The van der Waals surface area contributed by atoms with Gasteiger partial charge in [-0.1, -0.05) is 0 Å². The lowest BCUT2D eigenvalue weighted by Gasteiger charge is -2.37. The summed E-state index contributed by atoms with van der Waals surface area (Å²) < 4.78 is 5.79. The lowest BCUT2D eigenvalue weighted by atomic mass is 10.2. The van der Waals surface area contributed by atoms with Crippen LogP contribution in [0, 0.1) is 0 Å². The molecular formula is C13H28N2O2. The summed E-state index contributed by atoms with van der Waals surface area (Å²) in [6.45, 7) is 11.1. The summed E-state index contributed by atoms with van der Waals surface area (Å²) in [5.74, 6) is 0. The molecule has 2 unspecified atom stereocenters. The second-order valence-corrected chi connectivity index (χ2v) is 5.48. The molecule has 0 aromatic rings. The van der Waals surface area contributed by atoms with Crippen molar-refractivity contribution in [1.29, 1.82) is 0 Å². The van der Waals surface area contributed by atoms with Crippen molar-refractivity contribution in [1.82, 2.24) is 9.80 Å². The number of aliphatic hydroxyl groups excluding tert-OH is 1. The van der Waals surface area contributed by atoms with Gasteiger partial charge in [0.05, 0.1) is 18.8 Å². The average Bonchev–Trinajstić information content (AvgIpc) is 2.26. The van der Waals surface area contributed by atoms with Crippen molar-refractivity contribution in [3.8, 4) is 0 Å². The quantitative estimate of drug-likeness (QED) is 0.750. The van der Waals surface area contributed by atoms with Crippen LogP contribution in [-0.4, -0.2) is 73.0 Å². The predicted molar refractivity (Wildman–Crippen MR) is 70.2 cm³/mol. The van der Waals surface area contributed by atoms with E-state index in [1.165, 1.54) is 0 Å². The minimum Gasteiger partial charge on any atom is -0.393 e. The van der Waals surface area contributed by atoms with Gasteiger partial charge in [0.25, 0.3) is 0 Å². The lowest BCUT2D eigenvalue weighted by molar-refractivity contribution is -0.0502. The standard InChI is InChI=1S/C13H28N2O2/c1-11(2)15-7-8-17-13(10-15)9-14(4)6-5-12(3)16/h11-13,16H,5-10H2,1-4H3. The molecule has 1 fully saturated rings. The van der Waals surface area contributed by atoms with Crippen LogP contribution in [0.2, 0.25) is 0 Å². The van der Waals surface area contributed by atoms with Crippen molar-refractivity contribution in [2.45, 2.75) is 45.4 Å². The molecule has 0 saturated carbocycles. The number of rotatable bonds is 6. The molecule has 1 saturated heterocycles. The molecule has 1 aliphatic heterocycles. The van der Waals surface area contributed by atoms with Gasteiger partial charge in [-0.25, -0.2) is 0 Å². The van der Waals surface area contributed by atoms with Crippen LogP contribution in [-0.2, 0) is 4.74 Å². The third kappa shape index (κ3) is 5.82. The predicted octanol–water partition coefficient (Wildman–Crippen LogP) is 0.798. The highest BCUT2D eigenvalue weighted by atomic mass is 16.5. The van der Waals surface area contributed by atoms with Crippen LogP contribution in [0.25, 0.3) is 0 Å². The molecule has 0 spiro atoms. The number of hydrogen-bond donors (Lipinski definition) is 1. The Morgan fingerprint density at radius 3 is 2.71 bits per heavy atom. The van der Waals surface area contributed by atoms with Gasteiger partial charge in [0, 0.05) is 32.2 Å². The third-order valence-corrected chi connectivity index (χ3v) is 3.34. The fraction of sp³-hybridized carbons (Fsp3) is 1.00. The molecule has 0 radical (unpaired) electrons. The maximum atomic E-state index is 9.26. The molecule has 102 valence electrons. The van der Waals surface area contributed by atoms with Crippen molar-refractivity contribution in [2.75, 3.05) is 39.8 Å². The van der Waals surface area contributed by atoms with E-state index in [0.717, 1.165) is 39.2 Å². The fourth-order valence-corrected chi connectivity index (χ4v) is 2.17. The smallest absolute Gasteiger partial charge is 0.0829 e. The first-order chi connectivity index (χ1) is 7.99. The van der Waals surface area contributed by atoms with Gasteiger partial charge in [0.15, 0.2) is 0 Å². The molecule has 1 N–H and O–H groups in total. The molecule has 2 atom stereocenters. The van der Waals surface area contributed by atoms with Gasteiger partial charge in [-0.2, -0.15) is 0 Å². The van der Waals surface area contributed by atoms with Crippen molar-refractivity contribution in [2.24, 2.45) is 0 Å². The number of hydrogen-bond acceptors (Lipinski definition) is 4. The molecule has 4 heteroatoms. The van der Waals surface area contributed by atoms with E-state index in [2.05, 4.69) is 30.7 Å². The molecule has 0 aromatic carbocycles. The second-order valence-electron chi connectivity index (χ2n) is 5.48. The zero-order chi connectivity index (χ0) is 12.8. The maximum Gasteiger partial charge on any atom is 0.0829 e. The summed E-state index contributed by atoms with van der Waals surface area (Å²) >= 11 is 0. The Morgan fingerprint density at radius 2 is 2.12 bits per heavy atom. The van der Waals surface area contributed by atoms with Gasteiger partial charge in [-0.3, -0.25) is 4.90 Å². The topological polar surface area (TPSA) is 35.9 Å². The first kappa shape index (κ1) is 14.9. The number of likely N-dealkylation sites (N-methyl/N-ethyl adjacent to an activating group) is 1. The number of morpholine rings is 1. The molecule has 4 nitrogen and oxygen atoms in total. The van der Waals surface area contributed by atoms with Crippen molar-refractivity contribution < 1.29 is 9.84 Å². The van der Waals surface area contributed by atoms with Gasteiger partial charge in [-0.05, 0) is 34.2 Å².